The van der Waals surface area contributed by atoms with Crippen LogP contribution in [0.5, 0.6) is 5.75 Å². The number of fused-ring (bicyclic) bond motifs is 1. The van der Waals surface area contributed by atoms with E-state index in [9.17, 15) is 4.57 Å². The average molecular weight is 410 g/mol. The Balaban J connectivity index is 1.91. The van der Waals surface area contributed by atoms with Crippen molar-refractivity contribution in [1.29, 1.82) is 0 Å². The van der Waals surface area contributed by atoms with Gasteiger partial charge in [-0.2, -0.15) is 0 Å². The maximum Gasteiger partial charge on any atom is 0.469 e. The summed E-state index contributed by atoms with van der Waals surface area (Å²) in [5, 5.41) is 2.18. The second-order valence-corrected chi connectivity index (χ2v) is 8.06. The summed E-state index contributed by atoms with van der Waals surface area (Å²) in [6, 6.07) is 14.1. The summed E-state index contributed by atoms with van der Waals surface area (Å²) in [5.41, 5.74) is 0. The fraction of sp³-hybridized carbons (Fsp3) is 0.524. The van der Waals surface area contributed by atoms with Crippen LogP contribution in [-0.4, -0.2) is 35.7 Å². The van der Waals surface area contributed by atoms with Crippen molar-refractivity contribution in [2.24, 2.45) is 0 Å². The number of hydrogen-bond donors (Lipinski definition) is 2. The summed E-state index contributed by atoms with van der Waals surface area (Å²) in [4.78, 5) is 17.4. The zero-order chi connectivity index (χ0) is 20.2. The fourth-order valence-corrected chi connectivity index (χ4v) is 3.37. The molecule has 28 heavy (non-hydrogen) atoms. The maximum absolute atomic E-state index is 10.7. The standard InChI is InChI=1S/C21H31O6P/c1-2-3-4-5-6-12-19(17-25-15-16-26-28(22,23)24)27-21-14-9-11-18-10-7-8-13-20(18)21/h7-11,13-14,19H,2-6,12,15-17H2,1H3,(H2,22,23,24). The van der Waals surface area contributed by atoms with Crippen LogP contribution in [0, 0.1) is 0 Å². The van der Waals surface area contributed by atoms with Gasteiger partial charge in [-0.05, 0) is 24.3 Å². The lowest BCUT2D eigenvalue weighted by atomic mass is 10.1. The van der Waals surface area contributed by atoms with Gasteiger partial charge in [-0.25, -0.2) is 4.57 Å². The average Bonchev–Trinajstić information content (AvgIpc) is 2.66. The van der Waals surface area contributed by atoms with E-state index < -0.39 is 7.82 Å². The molecular weight excluding hydrogens is 379 g/mol. The minimum atomic E-state index is -4.45. The van der Waals surface area contributed by atoms with Gasteiger partial charge in [-0.1, -0.05) is 69.0 Å². The van der Waals surface area contributed by atoms with E-state index in [0.29, 0.717) is 6.61 Å². The molecule has 0 saturated carbocycles. The molecule has 0 fully saturated rings. The molecular formula is C21H31O6P. The molecule has 0 saturated heterocycles. The van der Waals surface area contributed by atoms with Gasteiger partial charge in [0, 0.05) is 5.39 Å². The summed E-state index contributed by atoms with van der Waals surface area (Å²) in [6.07, 6.45) is 6.62. The normalized spacial score (nSPS) is 13.0. The lowest BCUT2D eigenvalue weighted by Gasteiger charge is -2.20. The molecule has 2 aromatic rings. The predicted octanol–water partition coefficient (Wildman–Crippen LogP) is 5.07. The molecule has 0 bridgehead atoms. The third kappa shape index (κ3) is 8.72. The van der Waals surface area contributed by atoms with E-state index in [0.717, 1.165) is 35.8 Å². The first-order valence-corrected chi connectivity index (χ1v) is 11.4. The van der Waals surface area contributed by atoms with Crippen LogP contribution in [0.1, 0.15) is 45.4 Å². The first-order chi connectivity index (χ1) is 13.5. The summed E-state index contributed by atoms with van der Waals surface area (Å²) >= 11 is 0. The molecule has 1 unspecified atom stereocenters. The van der Waals surface area contributed by atoms with Gasteiger partial charge < -0.3 is 19.3 Å². The first kappa shape index (κ1) is 22.9. The van der Waals surface area contributed by atoms with Crippen LogP contribution in [0.3, 0.4) is 0 Å². The van der Waals surface area contributed by atoms with E-state index in [-0.39, 0.29) is 19.3 Å². The highest BCUT2D eigenvalue weighted by Gasteiger charge is 2.15. The van der Waals surface area contributed by atoms with Crippen LogP contribution in [0.25, 0.3) is 10.8 Å². The molecule has 0 aliphatic rings. The molecule has 0 aromatic heterocycles. The highest BCUT2D eigenvalue weighted by Crippen LogP contribution is 2.35. The van der Waals surface area contributed by atoms with E-state index in [1.54, 1.807) is 0 Å². The number of phosphoric ester groups is 1. The molecule has 156 valence electrons. The molecule has 0 amide bonds. The van der Waals surface area contributed by atoms with Gasteiger partial charge >= 0.3 is 7.82 Å². The lowest BCUT2D eigenvalue weighted by molar-refractivity contribution is 0.0278. The molecule has 2 aromatic carbocycles. The van der Waals surface area contributed by atoms with E-state index in [4.69, 9.17) is 19.3 Å². The van der Waals surface area contributed by atoms with Gasteiger partial charge in [0.15, 0.2) is 0 Å². The highest BCUT2D eigenvalue weighted by atomic mass is 31.2. The number of hydrogen-bond acceptors (Lipinski definition) is 4. The van der Waals surface area contributed by atoms with Crippen LogP contribution < -0.4 is 4.74 Å². The van der Waals surface area contributed by atoms with Gasteiger partial charge in [0.05, 0.1) is 19.8 Å². The third-order valence-electron chi connectivity index (χ3n) is 4.46. The fourth-order valence-electron chi connectivity index (χ4n) is 3.06. The zero-order valence-corrected chi connectivity index (χ0v) is 17.4. The van der Waals surface area contributed by atoms with Crippen molar-refractivity contribution < 1.29 is 28.3 Å². The third-order valence-corrected chi connectivity index (χ3v) is 4.98. The van der Waals surface area contributed by atoms with Crippen molar-refractivity contribution in [1.82, 2.24) is 0 Å². The molecule has 0 spiro atoms. The molecule has 0 aliphatic heterocycles. The SMILES string of the molecule is CCCCCCCC(COCCOP(=O)(O)O)Oc1cccc2ccccc12. The number of unbranched alkanes of at least 4 members (excludes halogenated alkanes) is 4. The van der Waals surface area contributed by atoms with Gasteiger partial charge in [-0.3, -0.25) is 4.52 Å². The Bertz CT molecular complexity index is 739. The Morgan fingerprint density at radius 1 is 0.964 bits per heavy atom. The van der Waals surface area contributed by atoms with Crippen LogP contribution in [0.15, 0.2) is 42.5 Å². The Morgan fingerprint density at radius 3 is 2.50 bits per heavy atom. The second-order valence-electron chi connectivity index (χ2n) is 6.82. The minimum Gasteiger partial charge on any atom is -0.487 e. The second kappa shape index (κ2) is 12.2. The summed E-state index contributed by atoms with van der Waals surface area (Å²) in [7, 11) is -4.45. The van der Waals surface area contributed by atoms with Crippen molar-refractivity contribution in [3.63, 3.8) is 0 Å². The molecule has 7 heteroatoms. The number of ether oxygens (including phenoxy) is 2. The monoisotopic (exact) mass is 410 g/mol. The van der Waals surface area contributed by atoms with Gasteiger partial charge in [0.2, 0.25) is 0 Å². The van der Waals surface area contributed by atoms with Crippen LogP contribution in [0.4, 0.5) is 0 Å². The molecule has 0 heterocycles. The van der Waals surface area contributed by atoms with Crippen LogP contribution in [-0.2, 0) is 13.8 Å². The van der Waals surface area contributed by atoms with Crippen molar-refractivity contribution in [2.45, 2.75) is 51.6 Å². The van der Waals surface area contributed by atoms with E-state index in [1.165, 1.54) is 19.3 Å². The first-order valence-electron chi connectivity index (χ1n) is 9.92. The van der Waals surface area contributed by atoms with Crippen LogP contribution >= 0.6 is 7.82 Å². The van der Waals surface area contributed by atoms with Crippen molar-refractivity contribution in [3.8, 4) is 5.75 Å². The van der Waals surface area contributed by atoms with E-state index in [2.05, 4.69) is 23.6 Å². The smallest absolute Gasteiger partial charge is 0.469 e. The quantitative estimate of drug-likeness (QED) is 0.334. The van der Waals surface area contributed by atoms with Crippen molar-refractivity contribution >= 4 is 18.6 Å². The largest absolute Gasteiger partial charge is 0.487 e. The lowest BCUT2D eigenvalue weighted by Crippen LogP contribution is -2.24. The Hall–Kier alpha value is -1.43. The number of benzene rings is 2. The molecule has 2 N–H and O–H groups in total. The predicted molar refractivity (Wildman–Crippen MR) is 111 cm³/mol. The van der Waals surface area contributed by atoms with Crippen molar-refractivity contribution in [2.75, 3.05) is 19.8 Å². The van der Waals surface area contributed by atoms with Gasteiger partial charge in [-0.15, -0.1) is 0 Å². The van der Waals surface area contributed by atoms with E-state index in [1.807, 2.05) is 30.3 Å². The summed E-state index contributed by atoms with van der Waals surface area (Å²) in [6.45, 7) is 2.50. The number of rotatable bonds is 14. The summed E-state index contributed by atoms with van der Waals surface area (Å²) < 4.78 is 26.9. The van der Waals surface area contributed by atoms with Gasteiger partial charge in [0.25, 0.3) is 0 Å². The topological polar surface area (TPSA) is 85.2 Å². The van der Waals surface area contributed by atoms with Crippen molar-refractivity contribution in [3.05, 3.63) is 42.5 Å². The molecule has 2 rings (SSSR count). The number of phosphoric acid groups is 1. The van der Waals surface area contributed by atoms with Gasteiger partial charge in [0.1, 0.15) is 11.9 Å². The maximum atomic E-state index is 10.7. The summed E-state index contributed by atoms with van der Waals surface area (Å²) in [5.74, 6) is 0.826. The molecule has 6 nitrogen and oxygen atoms in total. The zero-order valence-electron chi connectivity index (χ0n) is 16.5. The Morgan fingerprint density at radius 2 is 1.71 bits per heavy atom. The minimum absolute atomic E-state index is 0.107. The molecule has 0 aliphatic carbocycles. The highest BCUT2D eigenvalue weighted by molar-refractivity contribution is 7.46. The van der Waals surface area contributed by atoms with Crippen LogP contribution in [0.2, 0.25) is 0 Å². The van der Waals surface area contributed by atoms with E-state index >= 15 is 0 Å². The Labute approximate surface area is 167 Å². The molecule has 0 radical (unpaired) electrons. The Kier molecular flexibility index (Phi) is 9.96. The molecule has 1 atom stereocenters.